The molecule has 0 aliphatic carbocycles. The molecule has 5 heteroatoms. The van der Waals surface area contributed by atoms with Gasteiger partial charge in [-0.3, -0.25) is 0 Å². The Morgan fingerprint density at radius 2 is 2.21 bits per heavy atom. The number of imidazole rings is 1. The summed E-state index contributed by atoms with van der Waals surface area (Å²) in [5.41, 5.74) is 1.79. The number of carboxylic acid groups (broad SMARTS) is 1. The molecule has 1 N–H and O–H groups in total. The fourth-order valence-corrected chi connectivity index (χ4v) is 2.73. The van der Waals surface area contributed by atoms with E-state index in [1.54, 1.807) is 12.1 Å². The molecule has 0 unspecified atom stereocenters. The van der Waals surface area contributed by atoms with Crippen LogP contribution in [-0.2, 0) is 6.54 Å². The minimum Gasteiger partial charge on any atom is -0.478 e. The summed E-state index contributed by atoms with van der Waals surface area (Å²) in [4.78, 5) is 15.6. The van der Waals surface area contributed by atoms with Gasteiger partial charge in [0.1, 0.15) is 11.3 Å². The lowest BCUT2D eigenvalue weighted by molar-refractivity contribution is 0.0699. The minimum absolute atomic E-state index is 0.281. The number of thioether (sulfide) groups is 1. The molecule has 0 radical (unpaired) electrons. The van der Waals surface area contributed by atoms with E-state index in [1.807, 2.05) is 24.8 Å². The van der Waals surface area contributed by atoms with Gasteiger partial charge < -0.3 is 9.67 Å². The molecule has 2 rings (SSSR count). The van der Waals surface area contributed by atoms with Crippen molar-refractivity contribution in [3.05, 3.63) is 29.6 Å². The van der Waals surface area contributed by atoms with E-state index in [0.717, 1.165) is 30.1 Å². The third kappa shape index (κ3) is 2.92. The Balaban J connectivity index is 2.31. The van der Waals surface area contributed by atoms with Crippen LogP contribution in [-0.4, -0.2) is 32.6 Å². The highest BCUT2D eigenvalue weighted by molar-refractivity contribution is 7.98. The number of aromatic nitrogens is 2. The lowest BCUT2D eigenvalue weighted by atomic mass is 10.2. The second kappa shape index (κ2) is 6.10. The number of carbonyl (C=O) groups is 1. The number of rotatable bonds is 6. The van der Waals surface area contributed by atoms with Gasteiger partial charge in [-0.25, -0.2) is 9.78 Å². The van der Waals surface area contributed by atoms with E-state index in [2.05, 4.69) is 15.8 Å². The molecule has 1 heterocycles. The Hall–Kier alpha value is -1.49. The first-order valence-corrected chi connectivity index (χ1v) is 7.72. The molecule has 0 saturated heterocycles. The van der Waals surface area contributed by atoms with E-state index in [-0.39, 0.29) is 5.56 Å². The summed E-state index contributed by atoms with van der Waals surface area (Å²) in [6, 6.07) is 5.33. The topological polar surface area (TPSA) is 55.1 Å². The molecule has 0 aliphatic heterocycles. The zero-order chi connectivity index (χ0) is 13.8. The van der Waals surface area contributed by atoms with Crippen molar-refractivity contribution in [2.75, 3.05) is 12.0 Å². The zero-order valence-electron chi connectivity index (χ0n) is 11.2. The van der Waals surface area contributed by atoms with Crippen molar-refractivity contribution in [2.45, 2.75) is 26.3 Å². The average molecular weight is 278 g/mol. The summed E-state index contributed by atoms with van der Waals surface area (Å²) < 4.78 is 2.11. The number of nitrogens with zero attached hydrogens (tertiary/aromatic N) is 2. The van der Waals surface area contributed by atoms with E-state index in [0.29, 0.717) is 5.52 Å². The van der Waals surface area contributed by atoms with Crippen LogP contribution >= 0.6 is 11.8 Å². The van der Waals surface area contributed by atoms with Gasteiger partial charge in [0, 0.05) is 6.54 Å². The second-order valence-electron chi connectivity index (χ2n) is 4.49. The smallest absolute Gasteiger partial charge is 0.337 e. The van der Waals surface area contributed by atoms with Crippen LogP contribution in [0.1, 0.15) is 29.0 Å². The zero-order valence-corrected chi connectivity index (χ0v) is 12.0. The van der Waals surface area contributed by atoms with Crippen LogP contribution in [0.5, 0.6) is 0 Å². The first-order valence-electron chi connectivity index (χ1n) is 6.33. The monoisotopic (exact) mass is 278 g/mol. The van der Waals surface area contributed by atoms with Gasteiger partial charge in [-0.15, -0.1) is 0 Å². The maximum atomic E-state index is 11.2. The fourth-order valence-electron chi connectivity index (χ4n) is 2.23. The Morgan fingerprint density at radius 1 is 1.42 bits per heavy atom. The van der Waals surface area contributed by atoms with E-state index in [1.165, 1.54) is 6.42 Å². The number of unbranched alkanes of at least 4 members (excludes halogenated alkanes) is 1. The second-order valence-corrected chi connectivity index (χ2v) is 5.47. The summed E-state index contributed by atoms with van der Waals surface area (Å²) >= 11 is 1.85. The van der Waals surface area contributed by atoms with Gasteiger partial charge in [0.25, 0.3) is 0 Å². The number of hydrogen-bond acceptors (Lipinski definition) is 3. The highest BCUT2D eigenvalue weighted by Gasteiger charge is 2.14. The molecule has 102 valence electrons. The molecule has 19 heavy (non-hydrogen) atoms. The van der Waals surface area contributed by atoms with Crippen LogP contribution in [0.25, 0.3) is 11.0 Å². The molecule has 0 aliphatic rings. The summed E-state index contributed by atoms with van der Waals surface area (Å²) in [5.74, 6) is 1.12. The van der Waals surface area contributed by atoms with E-state index < -0.39 is 5.97 Å². The summed E-state index contributed by atoms with van der Waals surface area (Å²) in [6.45, 7) is 2.83. The summed E-state index contributed by atoms with van der Waals surface area (Å²) in [5, 5.41) is 9.18. The van der Waals surface area contributed by atoms with Crippen LogP contribution in [0.2, 0.25) is 0 Å². The third-order valence-corrected chi connectivity index (χ3v) is 3.88. The van der Waals surface area contributed by atoms with Gasteiger partial charge in [-0.2, -0.15) is 11.8 Å². The van der Waals surface area contributed by atoms with Crippen LogP contribution in [0, 0.1) is 6.92 Å². The standard InChI is InChI=1S/C14H18N2O2S/c1-10-15-13-11(14(17)18)6-5-7-12(13)16(10)8-3-4-9-19-2/h5-7H,3-4,8-9H2,1-2H3,(H,17,18). The molecule has 2 aromatic rings. The van der Waals surface area contributed by atoms with Crippen LogP contribution in [0.4, 0.5) is 0 Å². The molecule has 0 bridgehead atoms. The first kappa shape index (κ1) is 13.9. The fraction of sp³-hybridized carbons (Fsp3) is 0.429. The first-order chi connectivity index (χ1) is 9.15. The molecule has 1 aromatic heterocycles. The quantitative estimate of drug-likeness (QED) is 0.824. The number of carboxylic acids is 1. The van der Waals surface area contributed by atoms with E-state index in [4.69, 9.17) is 0 Å². The molecular weight excluding hydrogens is 260 g/mol. The molecule has 4 nitrogen and oxygen atoms in total. The number of benzene rings is 1. The number of aryl methyl sites for hydroxylation is 2. The van der Waals surface area contributed by atoms with Crippen LogP contribution in [0.15, 0.2) is 18.2 Å². The van der Waals surface area contributed by atoms with Gasteiger partial charge in [-0.1, -0.05) is 6.07 Å². The van der Waals surface area contributed by atoms with Crippen molar-refractivity contribution < 1.29 is 9.90 Å². The SMILES string of the molecule is CSCCCCn1c(C)nc2c(C(=O)O)cccc21. The predicted octanol–water partition coefficient (Wildman–Crippen LogP) is 3.19. The number of fused-ring (bicyclic) bond motifs is 1. The van der Waals surface area contributed by atoms with Crippen molar-refractivity contribution in [1.82, 2.24) is 9.55 Å². The molecule has 0 saturated carbocycles. The Kier molecular flexibility index (Phi) is 4.47. The van der Waals surface area contributed by atoms with Crippen molar-refractivity contribution in [2.24, 2.45) is 0 Å². The summed E-state index contributed by atoms with van der Waals surface area (Å²) in [6.07, 6.45) is 4.36. The highest BCUT2D eigenvalue weighted by Crippen LogP contribution is 2.20. The van der Waals surface area contributed by atoms with E-state index >= 15 is 0 Å². The molecule has 1 aromatic carbocycles. The van der Waals surface area contributed by atoms with Gasteiger partial charge in [0.2, 0.25) is 0 Å². The maximum absolute atomic E-state index is 11.2. The van der Waals surface area contributed by atoms with Crippen molar-refractivity contribution in [1.29, 1.82) is 0 Å². The minimum atomic E-state index is -0.919. The number of hydrogen-bond donors (Lipinski definition) is 1. The van der Waals surface area contributed by atoms with Gasteiger partial charge in [0.15, 0.2) is 0 Å². The summed E-state index contributed by atoms with van der Waals surface area (Å²) in [7, 11) is 0. The van der Waals surface area contributed by atoms with Crippen molar-refractivity contribution in [3.63, 3.8) is 0 Å². The Bertz CT molecular complexity index is 592. The van der Waals surface area contributed by atoms with Crippen LogP contribution in [0.3, 0.4) is 0 Å². The molecule has 0 fully saturated rings. The van der Waals surface area contributed by atoms with E-state index in [9.17, 15) is 9.90 Å². The molecule has 0 atom stereocenters. The Morgan fingerprint density at radius 3 is 2.89 bits per heavy atom. The Labute approximate surface area is 116 Å². The van der Waals surface area contributed by atoms with Crippen LogP contribution < -0.4 is 0 Å². The number of aromatic carboxylic acids is 1. The number of para-hydroxylation sites is 1. The largest absolute Gasteiger partial charge is 0.478 e. The lowest BCUT2D eigenvalue weighted by Gasteiger charge is -2.06. The van der Waals surface area contributed by atoms with Crippen molar-refractivity contribution >= 4 is 28.8 Å². The van der Waals surface area contributed by atoms with Crippen molar-refractivity contribution in [3.8, 4) is 0 Å². The predicted molar refractivity (Wildman–Crippen MR) is 79.0 cm³/mol. The normalized spacial score (nSPS) is 11.1. The van der Waals surface area contributed by atoms with Gasteiger partial charge >= 0.3 is 5.97 Å². The molecule has 0 spiro atoms. The van der Waals surface area contributed by atoms with Gasteiger partial charge in [0.05, 0.1) is 11.1 Å². The highest BCUT2D eigenvalue weighted by atomic mass is 32.2. The molecular formula is C14H18N2O2S. The van der Waals surface area contributed by atoms with Gasteiger partial charge in [-0.05, 0) is 43.9 Å². The lowest BCUT2D eigenvalue weighted by Crippen LogP contribution is -2.01. The third-order valence-electron chi connectivity index (χ3n) is 3.18. The average Bonchev–Trinajstić information content (AvgIpc) is 2.70. The maximum Gasteiger partial charge on any atom is 0.337 e. The molecule has 0 amide bonds.